The summed E-state index contributed by atoms with van der Waals surface area (Å²) in [6, 6.07) is 14.3. The first-order valence-electron chi connectivity index (χ1n) is 8.81. The molecule has 120 valence electrons. The number of hydrogen-bond donors (Lipinski definition) is 0. The van der Waals surface area contributed by atoms with Crippen molar-refractivity contribution in [3.8, 4) is 11.1 Å². The van der Waals surface area contributed by atoms with Crippen molar-refractivity contribution in [3.05, 3.63) is 80.2 Å². The molecule has 0 radical (unpaired) electrons. The molecule has 0 bridgehead atoms. The van der Waals surface area contributed by atoms with E-state index >= 15 is 0 Å². The average Bonchev–Trinajstić information content (AvgIpc) is 3.15. The number of hydrogen-bond acceptors (Lipinski definition) is 0. The SMILES string of the molecule is Cc1ccc2c(c1)[CH]([Zr]([C]1=CC=CC1)=[Si](C)C)c1cc(C)ccc1-2. The van der Waals surface area contributed by atoms with Crippen molar-refractivity contribution in [1.82, 2.24) is 0 Å². The Morgan fingerprint density at radius 1 is 0.917 bits per heavy atom. The van der Waals surface area contributed by atoms with Gasteiger partial charge in [0.1, 0.15) is 0 Å². The molecule has 0 amide bonds. The summed E-state index contributed by atoms with van der Waals surface area (Å²) in [5, 5.41) is 0. The average molecular weight is 408 g/mol. The number of rotatable bonds is 2. The second-order valence-corrected chi connectivity index (χ2v) is 24.9. The third kappa shape index (κ3) is 2.68. The van der Waals surface area contributed by atoms with Gasteiger partial charge in [0, 0.05) is 0 Å². The maximum atomic E-state index is 2.57. The fourth-order valence-corrected chi connectivity index (χ4v) is 22.5. The van der Waals surface area contributed by atoms with Crippen LogP contribution in [0.2, 0.25) is 13.1 Å². The van der Waals surface area contributed by atoms with Crippen LogP contribution in [-0.2, 0) is 20.4 Å². The molecule has 0 nitrogen and oxygen atoms in total. The summed E-state index contributed by atoms with van der Waals surface area (Å²) in [6.07, 6.45) is 8.35. The molecule has 0 spiro atoms. The van der Waals surface area contributed by atoms with Crippen molar-refractivity contribution < 1.29 is 20.4 Å². The molecule has 2 aliphatic rings. The standard InChI is InChI=1S/C15H13.C5H5.C2H6Si.Zr/c1-10-3-5-14-12(7-10)9-13-8-11(2)4-6-15(13)14;1-2-4-5-3-1;1-3-2;/h3-9H,1-2H3;1-3H,4H2;1-2H3;. The van der Waals surface area contributed by atoms with Crippen LogP contribution in [0.1, 0.15) is 32.3 Å². The molecule has 0 heterocycles. The van der Waals surface area contributed by atoms with Crippen LogP contribution in [0.25, 0.3) is 11.1 Å². The van der Waals surface area contributed by atoms with E-state index in [1.54, 1.807) is 11.1 Å². The van der Waals surface area contributed by atoms with E-state index in [-0.39, 0.29) is 5.43 Å². The monoisotopic (exact) mass is 406 g/mol. The van der Waals surface area contributed by atoms with Gasteiger partial charge in [-0.25, -0.2) is 0 Å². The Balaban J connectivity index is 1.99. The zero-order valence-electron chi connectivity index (χ0n) is 15.0. The van der Waals surface area contributed by atoms with Gasteiger partial charge in [-0.2, -0.15) is 0 Å². The van der Waals surface area contributed by atoms with E-state index in [9.17, 15) is 0 Å². The predicted molar refractivity (Wildman–Crippen MR) is 103 cm³/mol. The zero-order chi connectivity index (χ0) is 16.8. The van der Waals surface area contributed by atoms with E-state index in [0.717, 1.165) is 3.63 Å². The minimum atomic E-state index is -1.73. The minimum absolute atomic E-state index is 0.259. The molecule has 0 aromatic heterocycles. The van der Waals surface area contributed by atoms with E-state index < -0.39 is 20.4 Å². The molecular weight excluding hydrogens is 384 g/mol. The Hall–Kier alpha value is -0.980. The zero-order valence-corrected chi connectivity index (χ0v) is 18.4. The van der Waals surface area contributed by atoms with Crippen molar-refractivity contribution >= 4 is 5.43 Å². The number of aryl methyl sites for hydroxylation is 2. The molecule has 2 aliphatic carbocycles. The normalized spacial score (nSPS) is 15.2. The van der Waals surface area contributed by atoms with Gasteiger partial charge < -0.3 is 0 Å². The Morgan fingerprint density at radius 3 is 1.96 bits per heavy atom. The Morgan fingerprint density at radius 2 is 1.50 bits per heavy atom. The number of fused-ring (bicyclic) bond motifs is 3. The summed E-state index contributed by atoms with van der Waals surface area (Å²) in [7, 11) is 0. The van der Waals surface area contributed by atoms with Crippen molar-refractivity contribution in [3.63, 3.8) is 0 Å². The van der Waals surface area contributed by atoms with Crippen LogP contribution < -0.4 is 0 Å². The molecule has 0 N–H and O–H groups in total. The molecule has 24 heavy (non-hydrogen) atoms. The van der Waals surface area contributed by atoms with Crippen LogP contribution in [0.3, 0.4) is 0 Å². The van der Waals surface area contributed by atoms with Gasteiger partial charge in [-0.15, -0.1) is 0 Å². The van der Waals surface area contributed by atoms with Crippen molar-refractivity contribution in [2.75, 3.05) is 0 Å². The summed E-state index contributed by atoms with van der Waals surface area (Å²) in [5.74, 6) is 0. The molecule has 2 aromatic carbocycles. The molecule has 0 fully saturated rings. The molecule has 0 aliphatic heterocycles. The Labute approximate surface area is 153 Å². The van der Waals surface area contributed by atoms with Gasteiger partial charge in [0.15, 0.2) is 0 Å². The van der Waals surface area contributed by atoms with Gasteiger partial charge in [-0.1, -0.05) is 0 Å². The number of allylic oxidation sites excluding steroid dienone is 4. The molecule has 2 aromatic rings. The first-order chi connectivity index (χ1) is 11.6. The molecule has 0 atom stereocenters. The van der Waals surface area contributed by atoms with E-state index in [1.807, 2.05) is 3.28 Å². The van der Waals surface area contributed by atoms with Crippen molar-refractivity contribution in [2.24, 2.45) is 0 Å². The second-order valence-electron chi connectivity index (χ2n) is 7.35. The van der Waals surface area contributed by atoms with Crippen LogP contribution in [0.5, 0.6) is 0 Å². The summed E-state index contributed by atoms with van der Waals surface area (Å²) in [5.41, 5.74) is 8.86. The predicted octanol–water partition coefficient (Wildman–Crippen LogP) is 6.09. The Kier molecular flexibility index (Phi) is 4.39. The van der Waals surface area contributed by atoms with Crippen LogP contribution in [-0.4, -0.2) is 5.43 Å². The van der Waals surface area contributed by atoms with Crippen molar-refractivity contribution in [2.45, 2.75) is 37.0 Å². The summed E-state index contributed by atoms with van der Waals surface area (Å²) < 4.78 is 2.57. The van der Waals surface area contributed by atoms with E-state index in [2.05, 4.69) is 81.6 Å². The van der Waals surface area contributed by atoms with Gasteiger partial charge in [-0.05, 0) is 0 Å². The van der Waals surface area contributed by atoms with Crippen LogP contribution >= 0.6 is 0 Å². The molecule has 0 saturated carbocycles. The summed E-state index contributed by atoms with van der Waals surface area (Å²) >= 11 is -1.73. The van der Waals surface area contributed by atoms with Gasteiger partial charge in [0.25, 0.3) is 0 Å². The van der Waals surface area contributed by atoms with Crippen LogP contribution in [0.15, 0.2) is 57.9 Å². The molecule has 0 saturated heterocycles. The van der Waals surface area contributed by atoms with Gasteiger partial charge in [0.05, 0.1) is 0 Å². The molecule has 2 heteroatoms. The van der Waals surface area contributed by atoms with Crippen LogP contribution in [0.4, 0.5) is 0 Å². The molecular formula is C22H24SiZr. The van der Waals surface area contributed by atoms with Gasteiger partial charge in [-0.3, -0.25) is 0 Å². The number of benzene rings is 2. The third-order valence-electron chi connectivity index (χ3n) is 5.27. The summed E-state index contributed by atoms with van der Waals surface area (Å²) in [4.78, 5) is 0. The topological polar surface area (TPSA) is 0 Å². The molecule has 4 rings (SSSR count). The first-order valence-corrected chi connectivity index (χ1v) is 17.6. The van der Waals surface area contributed by atoms with E-state index in [1.165, 1.54) is 28.7 Å². The van der Waals surface area contributed by atoms with Gasteiger partial charge >= 0.3 is 154 Å². The maximum absolute atomic E-state index is 2.57. The third-order valence-corrected chi connectivity index (χ3v) is 23.5. The molecule has 0 unspecified atom stereocenters. The Bertz CT molecular complexity index is 875. The van der Waals surface area contributed by atoms with Crippen LogP contribution in [0, 0.1) is 13.8 Å². The summed E-state index contributed by atoms with van der Waals surface area (Å²) in [6.45, 7) is 9.63. The van der Waals surface area contributed by atoms with E-state index in [0.29, 0.717) is 0 Å². The second kappa shape index (κ2) is 6.39. The quantitative estimate of drug-likeness (QED) is 0.529. The van der Waals surface area contributed by atoms with E-state index in [4.69, 9.17) is 0 Å². The fraction of sp³-hybridized carbons (Fsp3) is 0.273. The fourth-order valence-electron chi connectivity index (χ4n) is 4.25. The first kappa shape index (κ1) is 16.5. The van der Waals surface area contributed by atoms with Gasteiger partial charge in [0.2, 0.25) is 0 Å². The van der Waals surface area contributed by atoms with Crippen molar-refractivity contribution in [1.29, 1.82) is 0 Å².